The molecule has 0 saturated heterocycles. The quantitative estimate of drug-likeness (QED) is 0.731. The van der Waals surface area contributed by atoms with E-state index in [1.165, 1.54) is 25.7 Å². The molecule has 2 heteroatoms. The van der Waals surface area contributed by atoms with Gasteiger partial charge in [0, 0.05) is 11.6 Å². The second kappa shape index (κ2) is 4.63. The van der Waals surface area contributed by atoms with Crippen molar-refractivity contribution in [3.63, 3.8) is 0 Å². The molecule has 3 atom stereocenters. The van der Waals surface area contributed by atoms with Crippen molar-refractivity contribution < 1.29 is 5.11 Å². The van der Waals surface area contributed by atoms with Crippen molar-refractivity contribution in [3.05, 3.63) is 0 Å². The Morgan fingerprint density at radius 2 is 2.00 bits per heavy atom. The lowest BCUT2D eigenvalue weighted by Gasteiger charge is -2.37. The number of aliphatic hydroxyl groups excluding tert-OH is 1. The molecule has 0 bridgehead atoms. The zero-order valence-electron chi connectivity index (χ0n) is 10.0. The summed E-state index contributed by atoms with van der Waals surface area (Å²) in [5, 5.41) is 13.2. The molecule has 14 heavy (non-hydrogen) atoms. The first-order valence-electron chi connectivity index (χ1n) is 5.87. The largest absolute Gasteiger partial charge is 0.392 e. The van der Waals surface area contributed by atoms with Crippen molar-refractivity contribution in [1.82, 2.24) is 5.32 Å². The van der Waals surface area contributed by atoms with Gasteiger partial charge in [-0.1, -0.05) is 19.8 Å². The average Bonchev–Trinajstić information content (AvgIpc) is 2.02. The van der Waals surface area contributed by atoms with Gasteiger partial charge in [-0.3, -0.25) is 0 Å². The molecule has 1 fully saturated rings. The molecule has 1 aliphatic rings. The molecular weight excluding hydrogens is 174 g/mol. The van der Waals surface area contributed by atoms with Crippen LogP contribution in [0.4, 0.5) is 0 Å². The summed E-state index contributed by atoms with van der Waals surface area (Å²) in [6.07, 6.45) is 4.93. The fraction of sp³-hybridized carbons (Fsp3) is 1.00. The van der Waals surface area contributed by atoms with Crippen LogP contribution in [0.15, 0.2) is 0 Å². The summed E-state index contributed by atoms with van der Waals surface area (Å²) in [5.74, 6) is 0.839. The predicted molar refractivity (Wildman–Crippen MR) is 60.3 cm³/mol. The molecule has 0 aromatic heterocycles. The van der Waals surface area contributed by atoms with Gasteiger partial charge < -0.3 is 10.4 Å². The highest BCUT2D eigenvalue weighted by atomic mass is 16.3. The SMILES string of the molecule is CC1CCCC(NC(C)(C)C(C)O)C1. The maximum Gasteiger partial charge on any atom is 0.0688 e. The van der Waals surface area contributed by atoms with Crippen molar-refractivity contribution in [2.24, 2.45) is 5.92 Å². The van der Waals surface area contributed by atoms with Crippen LogP contribution in [-0.4, -0.2) is 22.8 Å². The standard InChI is InChI=1S/C12H25NO/c1-9-6-5-7-11(8-9)13-12(3,4)10(2)14/h9-11,13-14H,5-8H2,1-4H3. The molecule has 0 aliphatic heterocycles. The third kappa shape index (κ3) is 3.25. The Balaban J connectivity index is 2.43. The molecule has 0 amide bonds. The molecule has 0 aromatic carbocycles. The summed E-state index contributed by atoms with van der Waals surface area (Å²) in [4.78, 5) is 0. The van der Waals surface area contributed by atoms with Crippen molar-refractivity contribution in [2.45, 2.75) is 71.1 Å². The van der Waals surface area contributed by atoms with Crippen LogP contribution >= 0.6 is 0 Å². The Kier molecular flexibility index (Phi) is 3.96. The molecule has 2 N–H and O–H groups in total. The molecule has 0 heterocycles. The fourth-order valence-corrected chi connectivity index (χ4v) is 2.21. The van der Waals surface area contributed by atoms with E-state index in [4.69, 9.17) is 0 Å². The number of rotatable bonds is 3. The molecule has 1 saturated carbocycles. The smallest absolute Gasteiger partial charge is 0.0688 e. The van der Waals surface area contributed by atoms with E-state index in [2.05, 4.69) is 26.1 Å². The van der Waals surface area contributed by atoms with E-state index in [9.17, 15) is 5.11 Å². The van der Waals surface area contributed by atoms with Gasteiger partial charge in [0.25, 0.3) is 0 Å². The van der Waals surface area contributed by atoms with Gasteiger partial charge in [-0.05, 0) is 39.5 Å². The number of aliphatic hydroxyl groups is 1. The first-order valence-corrected chi connectivity index (χ1v) is 5.87. The Morgan fingerprint density at radius 3 is 2.50 bits per heavy atom. The van der Waals surface area contributed by atoms with Crippen LogP contribution in [-0.2, 0) is 0 Å². The lowest BCUT2D eigenvalue weighted by atomic mass is 9.85. The molecule has 0 aromatic rings. The second-order valence-electron chi connectivity index (χ2n) is 5.51. The van der Waals surface area contributed by atoms with Gasteiger partial charge in [-0.2, -0.15) is 0 Å². The van der Waals surface area contributed by atoms with E-state index in [0.717, 1.165) is 5.92 Å². The highest BCUT2D eigenvalue weighted by Gasteiger charge is 2.29. The van der Waals surface area contributed by atoms with Crippen molar-refractivity contribution in [3.8, 4) is 0 Å². The molecule has 1 rings (SSSR count). The van der Waals surface area contributed by atoms with E-state index >= 15 is 0 Å². The fourth-order valence-electron chi connectivity index (χ4n) is 2.21. The zero-order chi connectivity index (χ0) is 10.8. The molecule has 84 valence electrons. The van der Waals surface area contributed by atoms with E-state index < -0.39 is 0 Å². The molecule has 3 unspecified atom stereocenters. The lowest BCUT2D eigenvalue weighted by molar-refractivity contribution is 0.0800. The average molecular weight is 199 g/mol. The molecule has 0 radical (unpaired) electrons. The van der Waals surface area contributed by atoms with E-state index in [-0.39, 0.29) is 11.6 Å². The predicted octanol–water partition coefficient (Wildman–Crippen LogP) is 2.31. The molecule has 1 aliphatic carbocycles. The number of hydrogen-bond donors (Lipinski definition) is 2. The maximum atomic E-state index is 9.61. The topological polar surface area (TPSA) is 32.3 Å². The third-order valence-electron chi connectivity index (χ3n) is 3.56. The third-order valence-corrected chi connectivity index (χ3v) is 3.56. The monoisotopic (exact) mass is 199 g/mol. The number of nitrogens with one attached hydrogen (secondary N) is 1. The van der Waals surface area contributed by atoms with Crippen LogP contribution in [0.25, 0.3) is 0 Å². The molecular formula is C12H25NO. The van der Waals surface area contributed by atoms with Crippen molar-refractivity contribution >= 4 is 0 Å². The summed E-state index contributed by atoms with van der Waals surface area (Å²) in [6.45, 7) is 8.34. The Labute approximate surface area is 88.1 Å². The van der Waals surface area contributed by atoms with Crippen LogP contribution in [0.3, 0.4) is 0 Å². The van der Waals surface area contributed by atoms with Crippen LogP contribution < -0.4 is 5.32 Å². The summed E-state index contributed by atoms with van der Waals surface area (Å²) in [7, 11) is 0. The number of hydrogen-bond acceptors (Lipinski definition) is 2. The van der Waals surface area contributed by atoms with Gasteiger partial charge in [-0.25, -0.2) is 0 Å². The van der Waals surface area contributed by atoms with E-state index in [1.54, 1.807) is 0 Å². The second-order valence-corrected chi connectivity index (χ2v) is 5.51. The van der Waals surface area contributed by atoms with Crippen LogP contribution in [0, 0.1) is 5.92 Å². The molecule has 2 nitrogen and oxygen atoms in total. The van der Waals surface area contributed by atoms with E-state index in [1.807, 2.05) is 6.92 Å². The first-order chi connectivity index (χ1) is 6.42. The van der Waals surface area contributed by atoms with Gasteiger partial charge in [0.05, 0.1) is 6.10 Å². The normalized spacial score (nSPS) is 31.5. The lowest BCUT2D eigenvalue weighted by Crippen LogP contribution is -2.53. The highest BCUT2D eigenvalue weighted by Crippen LogP contribution is 2.25. The minimum absolute atomic E-state index is 0.151. The summed E-state index contributed by atoms with van der Waals surface area (Å²) in [5.41, 5.74) is -0.151. The summed E-state index contributed by atoms with van der Waals surface area (Å²) < 4.78 is 0. The van der Waals surface area contributed by atoms with Gasteiger partial charge in [0.15, 0.2) is 0 Å². The molecule has 0 spiro atoms. The van der Waals surface area contributed by atoms with Gasteiger partial charge in [0.1, 0.15) is 0 Å². The Bertz CT molecular complexity index is 177. The van der Waals surface area contributed by atoms with Crippen molar-refractivity contribution in [2.75, 3.05) is 0 Å². The summed E-state index contributed by atoms with van der Waals surface area (Å²) >= 11 is 0. The highest BCUT2D eigenvalue weighted by molar-refractivity contribution is 4.88. The summed E-state index contributed by atoms with van der Waals surface area (Å²) in [6, 6.07) is 0.600. The Hall–Kier alpha value is -0.0800. The van der Waals surface area contributed by atoms with Crippen molar-refractivity contribution in [1.29, 1.82) is 0 Å². The zero-order valence-corrected chi connectivity index (χ0v) is 10.0. The Morgan fingerprint density at radius 1 is 1.36 bits per heavy atom. The van der Waals surface area contributed by atoms with Crippen LogP contribution in [0.2, 0.25) is 0 Å². The van der Waals surface area contributed by atoms with Crippen LogP contribution in [0.5, 0.6) is 0 Å². The van der Waals surface area contributed by atoms with Gasteiger partial charge in [0.2, 0.25) is 0 Å². The minimum Gasteiger partial charge on any atom is -0.392 e. The maximum absolute atomic E-state index is 9.61. The van der Waals surface area contributed by atoms with Gasteiger partial charge >= 0.3 is 0 Å². The van der Waals surface area contributed by atoms with E-state index in [0.29, 0.717) is 6.04 Å². The van der Waals surface area contributed by atoms with Crippen LogP contribution in [0.1, 0.15) is 53.4 Å². The minimum atomic E-state index is -0.292. The first kappa shape index (κ1) is 12.0. The van der Waals surface area contributed by atoms with Gasteiger partial charge in [-0.15, -0.1) is 0 Å².